The Labute approximate surface area is 196 Å². The second-order valence-corrected chi connectivity index (χ2v) is 8.87. The Morgan fingerprint density at radius 2 is 1.86 bits per heavy atom. The van der Waals surface area contributed by atoms with Crippen LogP contribution in [0.15, 0.2) is 30.3 Å². The minimum atomic E-state index is -4.69. The standard InChI is InChI=1S/C23H21F6N5O/c1-11(13-4-3-5-14(6-13)22(24,25)26)30-21-17-8-18(34-9-16-7-15(34)10-35-16)20(23(27,28)29)31-19(17)12(2)32-33-21/h3-6,8,11,15-16H,7,9-10H2,1-2H3,(H,30,33)/t11-,15?,16?/m1/s1. The number of aryl methyl sites for hydroxylation is 1. The lowest BCUT2D eigenvalue weighted by atomic mass is 10.0. The molecule has 0 aliphatic carbocycles. The second kappa shape index (κ2) is 8.21. The van der Waals surface area contributed by atoms with E-state index in [1.807, 2.05) is 0 Å². The van der Waals surface area contributed by atoms with Crippen LogP contribution in [0.5, 0.6) is 0 Å². The molecule has 186 valence electrons. The predicted molar refractivity (Wildman–Crippen MR) is 116 cm³/mol. The zero-order valence-corrected chi connectivity index (χ0v) is 18.7. The molecule has 12 heteroatoms. The van der Waals surface area contributed by atoms with Crippen LogP contribution in [0.3, 0.4) is 0 Å². The van der Waals surface area contributed by atoms with Crippen LogP contribution in [0.25, 0.3) is 10.9 Å². The summed E-state index contributed by atoms with van der Waals surface area (Å²) in [6, 6.07) is 5.40. The molecule has 2 saturated heterocycles. The third-order valence-electron chi connectivity index (χ3n) is 6.45. The van der Waals surface area contributed by atoms with E-state index in [9.17, 15) is 26.3 Å². The van der Waals surface area contributed by atoms with Gasteiger partial charge in [0.25, 0.3) is 0 Å². The van der Waals surface area contributed by atoms with Crippen molar-refractivity contribution in [2.45, 2.75) is 50.8 Å². The third kappa shape index (κ3) is 4.35. The van der Waals surface area contributed by atoms with Crippen molar-refractivity contribution in [1.82, 2.24) is 15.2 Å². The fraction of sp³-hybridized carbons (Fsp3) is 0.435. The van der Waals surface area contributed by atoms with Gasteiger partial charge in [0.15, 0.2) is 11.5 Å². The molecule has 1 aromatic carbocycles. The summed E-state index contributed by atoms with van der Waals surface area (Å²) in [6.45, 7) is 3.80. The van der Waals surface area contributed by atoms with Crippen LogP contribution < -0.4 is 10.2 Å². The highest BCUT2D eigenvalue weighted by Crippen LogP contribution is 2.43. The van der Waals surface area contributed by atoms with Crippen LogP contribution in [-0.4, -0.2) is 40.5 Å². The first-order chi connectivity index (χ1) is 16.4. The van der Waals surface area contributed by atoms with E-state index in [2.05, 4.69) is 20.5 Å². The molecular weight excluding hydrogens is 476 g/mol. The molecular formula is C23H21F6N5O. The third-order valence-corrected chi connectivity index (χ3v) is 6.45. The van der Waals surface area contributed by atoms with Crippen LogP contribution in [-0.2, 0) is 17.1 Å². The number of hydrogen-bond donors (Lipinski definition) is 1. The second-order valence-electron chi connectivity index (χ2n) is 8.87. The first-order valence-corrected chi connectivity index (χ1v) is 11.0. The van der Waals surface area contributed by atoms with Gasteiger partial charge in [-0.15, -0.1) is 5.10 Å². The van der Waals surface area contributed by atoms with Crippen molar-refractivity contribution >= 4 is 22.4 Å². The number of morpholine rings is 1. The molecule has 6 nitrogen and oxygen atoms in total. The number of alkyl halides is 6. The van der Waals surface area contributed by atoms with Crippen LogP contribution in [0, 0.1) is 6.92 Å². The number of pyridine rings is 1. The van der Waals surface area contributed by atoms with Crippen molar-refractivity contribution in [2.75, 3.05) is 23.4 Å². The summed E-state index contributed by atoms with van der Waals surface area (Å²) < 4.78 is 87.0. The summed E-state index contributed by atoms with van der Waals surface area (Å²) in [7, 11) is 0. The predicted octanol–water partition coefficient (Wildman–Crippen LogP) is 5.52. The van der Waals surface area contributed by atoms with E-state index in [1.54, 1.807) is 11.8 Å². The van der Waals surface area contributed by atoms with Gasteiger partial charge in [-0.2, -0.15) is 31.4 Å². The zero-order chi connectivity index (χ0) is 25.1. The minimum Gasteiger partial charge on any atom is -0.374 e. The quantitative estimate of drug-likeness (QED) is 0.479. The van der Waals surface area contributed by atoms with E-state index < -0.39 is 29.7 Å². The SMILES string of the molecule is Cc1nnc(N[C@H](C)c2cccc(C(F)(F)F)c2)c2cc(N3CC4CC3CO4)c(C(F)(F)F)nc12. The highest BCUT2D eigenvalue weighted by Gasteiger charge is 2.44. The molecule has 3 atom stereocenters. The van der Waals surface area contributed by atoms with Crippen molar-refractivity contribution in [3.63, 3.8) is 0 Å². The average molecular weight is 497 g/mol. The smallest absolute Gasteiger partial charge is 0.374 e. The van der Waals surface area contributed by atoms with Crippen LogP contribution in [0.4, 0.5) is 37.8 Å². The fourth-order valence-electron chi connectivity index (χ4n) is 4.69. The number of fused-ring (bicyclic) bond motifs is 3. The normalized spacial score (nSPS) is 21.1. The number of nitrogens with zero attached hydrogens (tertiary/aromatic N) is 4. The van der Waals surface area contributed by atoms with E-state index >= 15 is 0 Å². The van der Waals surface area contributed by atoms with Crippen molar-refractivity contribution < 1.29 is 31.1 Å². The number of ether oxygens (including phenoxy) is 1. The fourth-order valence-corrected chi connectivity index (χ4v) is 4.69. The first kappa shape index (κ1) is 23.6. The topological polar surface area (TPSA) is 63.2 Å². The largest absolute Gasteiger partial charge is 0.435 e. The van der Waals surface area contributed by atoms with E-state index in [0.717, 1.165) is 12.1 Å². The van der Waals surface area contributed by atoms with Crippen LogP contribution >= 0.6 is 0 Å². The lowest BCUT2D eigenvalue weighted by molar-refractivity contribution is -0.140. The van der Waals surface area contributed by atoms with Gasteiger partial charge in [-0.3, -0.25) is 0 Å². The van der Waals surface area contributed by atoms with Gasteiger partial charge < -0.3 is 15.0 Å². The molecule has 5 rings (SSSR count). The lowest BCUT2D eigenvalue weighted by Gasteiger charge is -2.31. The molecule has 2 aromatic heterocycles. The average Bonchev–Trinajstić information content (AvgIpc) is 3.43. The van der Waals surface area contributed by atoms with Gasteiger partial charge in [0, 0.05) is 11.9 Å². The van der Waals surface area contributed by atoms with Crippen molar-refractivity contribution in [3.8, 4) is 0 Å². The van der Waals surface area contributed by atoms with E-state index in [-0.39, 0.29) is 34.9 Å². The van der Waals surface area contributed by atoms with Gasteiger partial charge in [-0.25, -0.2) is 4.98 Å². The van der Waals surface area contributed by atoms with Crippen molar-refractivity contribution in [3.05, 3.63) is 52.8 Å². The van der Waals surface area contributed by atoms with E-state index in [4.69, 9.17) is 4.74 Å². The van der Waals surface area contributed by atoms with E-state index in [1.165, 1.54) is 25.1 Å². The monoisotopic (exact) mass is 497 g/mol. The Morgan fingerprint density at radius 1 is 1.09 bits per heavy atom. The highest BCUT2D eigenvalue weighted by atomic mass is 19.4. The number of benzene rings is 1. The molecule has 0 saturated carbocycles. The molecule has 3 aromatic rings. The molecule has 0 radical (unpaired) electrons. The first-order valence-electron chi connectivity index (χ1n) is 11.0. The minimum absolute atomic E-state index is 0.0235. The number of hydrogen-bond acceptors (Lipinski definition) is 6. The highest BCUT2D eigenvalue weighted by molar-refractivity contribution is 5.93. The molecule has 2 aliphatic rings. The lowest BCUT2D eigenvalue weighted by Crippen LogP contribution is -2.38. The molecule has 1 N–H and O–H groups in total. The molecule has 4 heterocycles. The van der Waals surface area contributed by atoms with Gasteiger partial charge in [0.05, 0.1) is 47.3 Å². The summed E-state index contributed by atoms with van der Waals surface area (Å²) in [6.07, 6.45) is -8.69. The van der Waals surface area contributed by atoms with Gasteiger partial charge in [-0.1, -0.05) is 12.1 Å². The molecule has 2 aliphatic heterocycles. The molecule has 2 fully saturated rings. The summed E-state index contributed by atoms with van der Waals surface area (Å²) in [5.41, 5.74) is -1.30. The summed E-state index contributed by atoms with van der Waals surface area (Å²) >= 11 is 0. The summed E-state index contributed by atoms with van der Waals surface area (Å²) in [5.74, 6) is 0.138. The number of nitrogens with one attached hydrogen (secondary N) is 1. The Bertz CT molecular complexity index is 1280. The molecule has 2 unspecified atom stereocenters. The number of halogens is 6. The van der Waals surface area contributed by atoms with Gasteiger partial charge in [0.1, 0.15) is 0 Å². The maximum Gasteiger partial charge on any atom is 0.435 e. The maximum atomic E-state index is 14.0. The Morgan fingerprint density at radius 3 is 2.49 bits per heavy atom. The molecule has 2 bridgehead atoms. The van der Waals surface area contributed by atoms with Gasteiger partial charge in [-0.05, 0) is 44.0 Å². The van der Waals surface area contributed by atoms with Gasteiger partial charge in [0.2, 0.25) is 0 Å². The van der Waals surface area contributed by atoms with Gasteiger partial charge >= 0.3 is 12.4 Å². The Balaban J connectivity index is 1.58. The van der Waals surface area contributed by atoms with Crippen molar-refractivity contribution in [1.29, 1.82) is 0 Å². The number of anilines is 2. The molecule has 0 spiro atoms. The molecule has 0 amide bonds. The number of rotatable bonds is 4. The number of aromatic nitrogens is 3. The zero-order valence-electron chi connectivity index (χ0n) is 18.7. The Kier molecular flexibility index (Phi) is 5.53. The summed E-state index contributed by atoms with van der Waals surface area (Å²) in [4.78, 5) is 5.63. The van der Waals surface area contributed by atoms with E-state index in [0.29, 0.717) is 30.5 Å². The summed E-state index contributed by atoms with van der Waals surface area (Å²) in [5, 5.41) is 11.4. The Hall–Kier alpha value is -3.15. The molecule has 35 heavy (non-hydrogen) atoms. The maximum absolute atomic E-state index is 14.0. The van der Waals surface area contributed by atoms with Crippen molar-refractivity contribution in [2.24, 2.45) is 0 Å². The van der Waals surface area contributed by atoms with Crippen LogP contribution in [0.1, 0.15) is 41.9 Å². The van der Waals surface area contributed by atoms with Crippen LogP contribution in [0.2, 0.25) is 0 Å².